The van der Waals surface area contributed by atoms with Crippen LogP contribution < -0.4 is 9.80 Å². The van der Waals surface area contributed by atoms with Crippen molar-refractivity contribution in [2.75, 3.05) is 22.9 Å². The summed E-state index contributed by atoms with van der Waals surface area (Å²) < 4.78 is 37.8. The van der Waals surface area contributed by atoms with Crippen LogP contribution in [-0.4, -0.2) is 17.7 Å². The molecule has 7 aromatic rings. The maximum atomic E-state index is 17.7. The minimum atomic E-state index is -0.379. The van der Waals surface area contributed by atoms with E-state index in [2.05, 4.69) is 130 Å². The van der Waals surface area contributed by atoms with Crippen LogP contribution in [-0.2, 0) is 32.2 Å². The molecule has 1 aromatic heterocycles. The molecule has 0 fully saturated rings. The molecule has 3 nitrogen and oxygen atoms in total. The van der Waals surface area contributed by atoms with Crippen molar-refractivity contribution in [2.24, 2.45) is 0 Å². The Labute approximate surface area is 370 Å². The van der Waals surface area contributed by atoms with Crippen LogP contribution in [0.3, 0.4) is 0 Å². The van der Waals surface area contributed by atoms with Crippen molar-refractivity contribution in [2.45, 2.75) is 106 Å². The molecule has 0 unspecified atom stereocenters. The van der Waals surface area contributed by atoms with Gasteiger partial charge in [-0.2, -0.15) is 8.78 Å². The first-order chi connectivity index (χ1) is 30.3. The summed E-state index contributed by atoms with van der Waals surface area (Å²) in [6.45, 7) is 17.5. The van der Waals surface area contributed by atoms with Gasteiger partial charge in [0.2, 0.25) is 0 Å². The van der Waals surface area contributed by atoms with Crippen LogP contribution in [0.5, 0.6) is 0 Å². The molecule has 6 aromatic carbocycles. The summed E-state index contributed by atoms with van der Waals surface area (Å²) in [6, 6.07) is 43.0. The first-order valence-electron chi connectivity index (χ1n) is 23.2. The average Bonchev–Trinajstić information content (AvgIpc) is 3.63. The number of hydrogen-bond donors (Lipinski definition) is 0. The molecule has 320 valence electrons. The van der Waals surface area contributed by atoms with E-state index >= 15 is 8.78 Å². The zero-order valence-corrected chi connectivity index (χ0v) is 38.0. The number of hydrogen-bond acceptors (Lipinski definition) is 2. The average molecular weight is 829 g/mol. The highest BCUT2D eigenvalue weighted by Gasteiger charge is 2.37. The number of para-hydroxylation sites is 3. The van der Waals surface area contributed by atoms with Gasteiger partial charge < -0.3 is 14.4 Å². The summed E-state index contributed by atoms with van der Waals surface area (Å²) in [6.07, 6.45) is 7.29. The fourth-order valence-corrected chi connectivity index (χ4v) is 9.48. The normalized spacial score (nSPS) is 11.4. The first-order valence-corrected chi connectivity index (χ1v) is 23.2. The third-order valence-electron chi connectivity index (χ3n) is 12.4. The lowest BCUT2D eigenvalue weighted by Crippen LogP contribution is -2.22. The number of anilines is 4. The highest BCUT2D eigenvalue weighted by Crippen LogP contribution is 2.47. The number of benzene rings is 6. The van der Waals surface area contributed by atoms with Crippen LogP contribution in [0.15, 0.2) is 127 Å². The predicted octanol–water partition coefficient (Wildman–Crippen LogP) is 15.8. The Hall–Kier alpha value is -5.81. The largest absolute Gasteiger partial charge is 0.340 e. The maximum Gasteiger partial charge on any atom is 0.180 e. The van der Waals surface area contributed by atoms with E-state index in [-0.39, 0.29) is 11.6 Å². The van der Waals surface area contributed by atoms with Gasteiger partial charge in [-0.1, -0.05) is 122 Å². The third kappa shape index (κ3) is 8.64. The van der Waals surface area contributed by atoms with Gasteiger partial charge >= 0.3 is 0 Å². The smallest absolute Gasteiger partial charge is 0.180 e. The van der Waals surface area contributed by atoms with Crippen LogP contribution in [0.25, 0.3) is 22.2 Å². The van der Waals surface area contributed by atoms with Crippen LogP contribution in [0, 0.1) is 17.6 Å². The molecule has 0 aliphatic rings. The van der Waals surface area contributed by atoms with Gasteiger partial charge in [-0.25, -0.2) is 0 Å². The van der Waals surface area contributed by atoms with Crippen molar-refractivity contribution in [1.29, 1.82) is 0 Å². The molecule has 0 atom stereocenters. The highest BCUT2D eigenvalue weighted by atomic mass is 19.1. The Balaban J connectivity index is 1.50. The number of aryl methyl sites for hydroxylation is 5. The Morgan fingerprint density at radius 3 is 1.40 bits per heavy atom. The fraction of sp³-hybridized carbons (Fsp3) is 0.316. The topological polar surface area (TPSA) is 11.4 Å². The number of halogens is 2. The lowest BCUT2D eigenvalue weighted by Gasteiger charge is -2.30. The van der Waals surface area contributed by atoms with Crippen molar-refractivity contribution in [3.05, 3.63) is 184 Å². The van der Waals surface area contributed by atoms with Gasteiger partial charge in [0.15, 0.2) is 11.6 Å². The zero-order chi connectivity index (χ0) is 43.8. The zero-order valence-electron chi connectivity index (χ0n) is 38.0. The van der Waals surface area contributed by atoms with Gasteiger partial charge in [-0.05, 0) is 116 Å². The summed E-state index contributed by atoms with van der Waals surface area (Å²) in [4.78, 5) is 4.57. The second kappa shape index (κ2) is 20.4. The summed E-state index contributed by atoms with van der Waals surface area (Å²) in [7, 11) is 0. The number of nitrogens with zero attached hydrogens (tertiary/aromatic N) is 3. The number of rotatable bonds is 19. The van der Waals surface area contributed by atoms with E-state index in [1.54, 1.807) is 12.1 Å². The molecular weight excluding hydrogens is 765 g/mol. The van der Waals surface area contributed by atoms with Crippen molar-refractivity contribution in [1.82, 2.24) is 4.57 Å². The molecule has 0 aliphatic carbocycles. The second-order valence-corrected chi connectivity index (χ2v) is 16.4. The van der Waals surface area contributed by atoms with Gasteiger partial charge in [-0.3, -0.25) is 0 Å². The molecule has 0 spiro atoms. The maximum absolute atomic E-state index is 17.7. The monoisotopic (exact) mass is 829 g/mol. The molecule has 7 rings (SSSR count). The summed E-state index contributed by atoms with van der Waals surface area (Å²) in [5, 5.41) is 0.971. The van der Waals surface area contributed by atoms with Crippen molar-refractivity contribution in [3.63, 3.8) is 0 Å². The molecule has 0 saturated carbocycles. The molecule has 0 aliphatic heterocycles. The summed E-state index contributed by atoms with van der Waals surface area (Å²) in [5.74, 6) is -0.204. The molecule has 62 heavy (non-hydrogen) atoms. The highest BCUT2D eigenvalue weighted by molar-refractivity contribution is 5.96. The Kier molecular flexibility index (Phi) is 14.5. The molecule has 5 heteroatoms. The SMILES string of the molecule is CCCCn1c(-c2ccccc2)c([C+](c2ccc(N(CCC)c3c(CC)cccc3CC)cc2F)c2ccc(N(CCC)c3c(CC)cccc3CC)cc2F)c2ccccc21. The molecule has 0 N–H and O–H groups in total. The van der Waals surface area contributed by atoms with Crippen molar-refractivity contribution >= 4 is 33.7 Å². The quantitative estimate of drug-likeness (QED) is 0.0753. The number of fused-ring (bicyclic) bond motifs is 1. The number of aromatic nitrogens is 1. The number of unbranched alkanes of at least 4 members (excludes halogenated alkanes) is 1. The molecule has 0 radical (unpaired) electrons. The van der Waals surface area contributed by atoms with E-state index in [0.29, 0.717) is 17.0 Å². The van der Waals surface area contributed by atoms with Gasteiger partial charge in [0.1, 0.15) is 5.69 Å². The molecular formula is C57H64F2N3+. The molecule has 1 heterocycles. The Bertz CT molecular complexity index is 2430. The van der Waals surface area contributed by atoms with E-state index in [0.717, 1.165) is 121 Å². The van der Waals surface area contributed by atoms with E-state index in [9.17, 15) is 0 Å². The Morgan fingerprint density at radius 1 is 0.500 bits per heavy atom. The molecule has 0 saturated heterocycles. The van der Waals surface area contributed by atoms with Crippen LogP contribution in [0.1, 0.15) is 113 Å². The van der Waals surface area contributed by atoms with E-state index < -0.39 is 0 Å². The van der Waals surface area contributed by atoms with Gasteiger partial charge in [-0.15, -0.1) is 0 Å². The molecule has 0 bridgehead atoms. The third-order valence-corrected chi connectivity index (χ3v) is 12.4. The van der Waals surface area contributed by atoms with E-state index in [1.807, 2.05) is 48.5 Å². The van der Waals surface area contributed by atoms with Gasteiger partial charge in [0.05, 0.1) is 44.9 Å². The van der Waals surface area contributed by atoms with E-state index in [1.165, 1.54) is 22.3 Å². The summed E-state index contributed by atoms with van der Waals surface area (Å²) in [5.41, 5.74) is 13.5. The van der Waals surface area contributed by atoms with E-state index in [4.69, 9.17) is 0 Å². The lowest BCUT2D eigenvalue weighted by molar-refractivity contribution is 0.606. The summed E-state index contributed by atoms with van der Waals surface area (Å²) >= 11 is 0. The minimum absolute atomic E-state index is 0.377. The first kappa shape index (κ1) is 44.3. The molecule has 0 amide bonds. The second-order valence-electron chi connectivity index (χ2n) is 16.4. The Morgan fingerprint density at radius 2 is 0.968 bits per heavy atom. The van der Waals surface area contributed by atoms with Crippen molar-refractivity contribution < 1.29 is 8.78 Å². The van der Waals surface area contributed by atoms with Gasteiger partial charge in [0, 0.05) is 48.7 Å². The van der Waals surface area contributed by atoms with Crippen molar-refractivity contribution in [3.8, 4) is 11.3 Å². The minimum Gasteiger partial charge on any atom is -0.340 e. The standard InChI is InChI=1S/C57H64F2N3/c1-8-15-37-62-52-30-20-19-29-49(52)54(57(62)44-23-17-16-18-24-44)53(47-33-31-45(38-50(47)58)60(35-9-2)55-40(11-4)25-21-26-41(55)12-5)48-34-32-46(39-51(48)59)61(36-10-3)56-42(13-6)27-22-28-43(56)14-7/h16-34,38-39H,8-15,35-37H2,1-7H3/q+1. The lowest BCUT2D eigenvalue weighted by atomic mass is 9.81. The van der Waals surface area contributed by atoms with Crippen LogP contribution in [0.4, 0.5) is 31.5 Å². The predicted molar refractivity (Wildman–Crippen MR) is 261 cm³/mol. The van der Waals surface area contributed by atoms with Crippen LogP contribution in [0.2, 0.25) is 0 Å². The fourth-order valence-electron chi connectivity index (χ4n) is 9.48. The van der Waals surface area contributed by atoms with Crippen LogP contribution >= 0.6 is 0 Å². The van der Waals surface area contributed by atoms with Gasteiger partial charge in [0.25, 0.3) is 0 Å².